The molecule has 29 heavy (non-hydrogen) atoms. The summed E-state index contributed by atoms with van der Waals surface area (Å²) in [6.45, 7) is 1.64. The Kier molecular flexibility index (Phi) is 5.07. The van der Waals surface area contributed by atoms with Crippen molar-refractivity contribution in [1.82, 2.24) is 5.43 Å². The summed E-state index contributed by atoms with van der Waals surface area (Å²) in [5.41, 5.74) is 2.92. The van der Waals surface area contributed by atoms with Crippen LogP contribution in [-0.2, 0) is 4.79 Å². The number of fused-ring (bicyclic) bond motifs is 2. The number of ether oxygens (including phenoxy) is 1. The summed E-state index contributed by atoms with van der Waals surface area (Å²) >= 11 is 0. The highest BCUT2D eigenvalue weighted by Gasteiger charge is 2.15. The molecular formula is C23H18N2O4. The van der Waals surface area contributed by atoms with Gasteiger partial charge in [0.1, 0.15) is 17.6 Å². The van der Waals surface area contributed by atoms with E-state index in [9.17, 15) is 9.59 Å². The number of para-hydroxylation sites is 1. The quantitative estimate of drug-likeness (QED) is 0.417. The van der Waals surface area contributed by atoms with Crippen molar-refractivity contribution in [2.24, 2.45) is 5.10 Å². The molecule has 4 rings (SSSR count). The molecule has 0 radical (unpaired) electrons. The van der Waals surface area contributed by atoms with Crippen molar-refractivity contribution in [2.45, 2.75) is 13.0 Å². The molecule has 1 N–H and O–H groups in total. The number of benzene rings is 3. The largest absolute Gasteiger partial charge is 0.480 e. The number of hydrogen-bond donors (Lipinski definition) is 1. The third-order valence-corrected chi connectivity index (χ3v) is 4.51. The summed E-state index contributed by atoms with van der Waals surface area (Å²) in [6.07, 6.45) is 1.81. The molecule has 144 valence electrons. The zero-order chi connectivity index (χ0) is 20.2. The molecule has 1 amide bonds. The van der Waals surface area contributed by atoms with Gasteiger partial charge >= 0.3 is 0 Å². The SMILES string of the molecule is CC(Oc1cccc2ccccc12)C(=O)NN=Cc1coc2ccccc2c1=O. The lowest BCUT2D eigenvalue weighted by molar-refractivity contribution is -0.127. The lowest BCUT2D eigenvalue weighted by Crippen LogP contribution is -2.33. The molecule has 1 atom stereocenters. The van der Waals surface area contributed by atoms with Crippen molar-refractivity contribution in [1.29, 1.82) is 0 Å². The maximum atomic E-state index is 12.4. The van der Waals surface area contributed by atoms with Gasteiger partial charge in [-0.1, -0.05) is 48.5 Å². The second-order valence-corrected chi connectivity index (χ2v) is 6.49. The van der Waals surface area contributed by atoms with Crippen molar-refractivity contribution in [3.05, 3.63) is 88.8 Å². The summed E-state index contributed by atoms with van der Waals surface area (Å²) in [5, 5.41) is 6.27. The van der Waals surface area contributed by atoms with E-state index in [1.807, 2.05) is 42.5 Å². The molecule has 0 aliphatic rings. The van der Waals surface area contributed by atoms with Gasteiger partial charge in [0.05, 0.1) is 17.2 Å². The first-order chi connectivity index (χ1) is 14.1. The fourth-order valence-corrected chi connectivity index (χ4v) is 2.98. The van der Waals surface area contributed by atoms with Gasteiger partial charge in [-0.05, 0) is 30.5 Å². The van der Waals surface area contributed by atoms with Gasteiger partial charge in [-0.25, -0.2) is 5.43 Å². The molecule has 0 bridgehead atoms. The Bertz CT molecular complexity index is 1270. The summed E-state index contributed by atoms with van der Waals surface area (Å²) in [7, 11) is 0. The maximum absolute atomic E-state index is 12.4. The molecule has 6 nitrogen and oxygen atoms in total. The third-order valence-electron chi connectivity index (χ3n) is 4.51. The highest BCUT2D eigenvalue weighted by Crippen LogP contribution is 2.26. The highest BCUT2D eigenvalue weighted by atomic mass is 16.5. The minimum atomic E-state index is -0.772. The normalized spacial score (nSPS) is 12.3. The Morgan fingerprint density at radius 3 is 2.62 bits per heavy atom. The molecule has 1 heterocycles. The van der Waals surface area contributed by atoms with Crippen LogP contribution in [-0.4, -0.2) is 18.2 Å². The van der Waals surface area contributed by atoms with Crippen LogP contribution in [0.1, 0.15) is 12.5 Å². The van der Waals surface area contributed by atoms with Crippen LogP contribution < -0.4 is 15.6 Å². The topological polar surface area (TPSA) is 80.9 Å². The van der Waals surface area contributed by atoms with E-state index in [1.54, 1.807) is 31.2 Å². The van der Waals surface area contributed by atoms with Crippen LogP contribution in [0.5, 0.6) is 5.75 Å². The fourth-order valence-electron chi connectivity index (χ4n) is 2.98. The third kappa shape index (κ3) is 3.87. The Morgan fingerprint density at radius 1 is 1.03 bits per heavy atom. The summed E-state index contributed by atoms with van der Waals surface area (Å²) in [6, 6.07) is 20.4. The predicted molar refractivity (Wildman–Crippen MR) is 112 cm³/mol. The van der Waals surface area contributed by atoms with Crippen molar-refractivity contribution < 1.29 is 13.9 Å². The average Bonchev–Trinajstić information content (AvgIpc) is 2.75. The van der Waals surface area contributed by atoms with Crippen molar-refractivity contribution in [2.75, 3.05) is 0 Å². The summed E-state index contributed by atoms with van der Waals surface area (Å²) in [4.78, 5) is 24.7. The Labute approximate surface area is 166 Å². The Balaban J connectivity index is 1.45. The number of rotatable bonds is 5. The second kappa shape index (κ2) is 7.98. The number of hydrazone groups is 1. The second-order valence-electron chi connectivity index (χ2n) is 6.49. The number of amides is 1. The maximum Gasteiger partial charge on any atom is 0.280 e. The van der Waals surface area contributed by atoms with Gasteiger partial charge < -0.3 is 9.15 Å². The van der Waals surface area contributed by atoms with Crippen molar-refractivity contribution >= 4 is 33.9 Å². The number of nitrogens with zero attached hydrogens (tertiary/aromatic N) is 1. The van der Waals surface area contributed by atoms with Crippen LogP contribution in [0.2, 0.25) is 0 Å². The van der Waals surface area contributed by atoms with Crippen LogP contribution in [0.25, 0.3) is 21.7 Å². The van der Waals surface area contributed by atoms with Gasteiger partial charge in [0, 0.05) is 5.39 Å². The molecule has 3 aromatic carbocycles. The van der Waals surface area contributed by atoms with E-state index in [-0.39, 0.29) is 11.0 Å². The molecule has 1 unspecified atom stereocenters. The summed E-state index contributed by atoms with van der Waals surface area (Å²) in [5.74, 6) is 0.185. The minimum absolute atomic E-state index is 0.218. The fraction of sp³-hybridized carbons (Fsp3) is 0.0870. The highest BCUT2D eigenvalue weighted by molar-refractivity contribution is 5.90. The Morgan fingerprint density at radius 2 is 1.76 bits per heavy atom. The van der Waals surface area contributed by atoms with E-state index in [2.05, 4.69) is 10.5 Å². The molecule has 0 spiro atoms. The van der Waals surface area contributed by atoms with Crippen molar-refractivity contribution in [3.63, 3.8) is 0 Å². The average molecular weight is 386 g/mol. The van der Waals surface area contributed by atoms with E-state index in [0.29, 0.717) is 16.7 Å². The number of nitrogens with one attached hydrogen (secondary N) is 1. The monoisotopic (exact) mass is 386 g/mol. The van der Waals surface area contributed by atoms with Gasteiger partial charge in [0.15, 0.2) is 6.10 Å². The molecule has 1 aromatic heterocycles. The van der Waals surface area contributed by atoms with Gasteiger partial charge in [-0.15, -0.1) is 0 Å². The van der Waals surface area contributed by atoms with Crippen LogP contribution in [0.4, 0.5) is 0 Å². The number of carbonyl (C=O) groups is 1. The number of hydrogen-bond acceptors (Lipinski definition) is 5. The van der Waals surface area contributed by atoms with Crippen LogP contribution in [0, 0.1) is 0 Å². The van der Waals surface area contributed by atoms with E-state index < -0.39 is 12.0 Å². The van der Waals surface area contributed by atoms with Gasteiger partial charge in [0.25, 0.3) is 5.91 Å². The van der Waals surface area contributed by atoms with E-state index in [0.717, 1.165) is 10.8 Å². The lowest BCUT2D eigenvalue weighted by atomic mass is 10.1. The smallest absolute Gasteiger partial charge is 0.280 e. The van der Waals surface area contributed by atoms with E-state index >= 15 is 0 Å². The van der Waals surface area contributed by atoms with E-state index in [4.69, 9.17) is 9.15 Å². The molecule has 0 fully saturated rings. The first-order valence-electron chi connectivity index (χ1n) is 9.11. The van der Waals surface area contributed by atoms with Gasteiger partial charge in [0.2, 0.25) is 5.43 Å². The molecule has 0 aliphatic heterocycles. The molecule has 0 saturated carbocycles. The van der Waals surface area contributed by atoms with Gasteiger partial charge in [-0.3, -0.25) is 9.59 Å². The minimum Gasteiger partial charge on any atom is -0.480 e. The predicted octanol–water partition coefficient (Wildman–Crippen LogP) is 3.86. The van der Waals surface area contributed by atoms with Crippen LogP contribution >= 0.6 is 0 Å². The van der Waals surface area contributed by atoms with E-state index in [1.165, 1.54) is 12.5 Å². The van der Waals surface area contributed by atoms with Crippen LogP contribution in [0.15, 0.2) is 87.3 Å². The zero-order valence-electron chi connectivity index (χ0n) is 15.7. The van der Waals surface area contributed by atoms with Crippen molar-refractivity contribution in [3.8, 4) is 5.75 Å². The van der Waals surface area contributed by atoms with Gasteiger partial charge in [-0.2, -0.15) is 5.10 Å². The Hall–Kier alpha value is -3.93. The molecular weight excluding hydrogens is 368 g/mol. The first kappa shape index (κ1) is 18.4. The lowest BCUT2D eigenvalue weighted by Gasteiger charge is -2.14. The molecule has 4 aromatic rings. The summed E-state index contributed by atoms with van der Waals surface area (Å²) < 4.78 is 11.2. The molecule has 0 aliphatic carbocycles. The number of carbonyl (C=O) groups excluding carboxylic acids is 1. The molecule has 6 heteroatoms. The van der Waals surface area contributed by atoms with Crippen LogP contribution in [0.3, 0.4) is 0 Å². The molecule has 0 saturated heterocycles. The standard InChI is InChI=1S/C23H18N2O4/c1-15(29-21-12-6-8-16-7-2-3-9-18(16)21)23(27)25-24-13-17-14-28-20-11-5-4-10-19(20)22(17)26/h2-15H,1H3,(H,25,27). The zero-order valence-corrected chi connectivity index (χ0v) is 15.7. The first-order valence-corrected chi connectivity index (χ1v) is 9.11.